The van der Waals surface area contributed by atoms with Crippen molar-refractivity contribution in [2.75, 3.05) is 6.54 Å². The molecule has 1 aliphatic carbocycles. The molecule has 0 radical (unpaired) electrons. The number of rotatable bonds is 3. The number of carbonyl (C=O) groups excluding carboxylic acids is 2. The van der Waals surface area contributed by atoms with Crippen LogP contribution < -0.4 is 0 Å². The first kappa shape index (κ1) is 21.1. The van der Waals surface area contributed by atoms with Crippen LogP contribution in [0.2, 0.25) is 0 Å². The van der Waals surface area contributed by atoms with E-state index in [1.165, 1.54) is 43.5 Å². The summed E-state index contributed by atoms with van der Waals surface area (Å²) in [6, 6.07) is 8.93. The Labute approximate surface area is 152 Å². The standard InChI is InChI=1S/C13H14N2O2.C6H12.C2H6/c1-9-10(2)14-15(13(9)17)8-12(16)11-6-4-3-5-7-11;1-2-4-6-5-3-1;1-2/h3-7,9H,8H2,1-2H3;1-6H2;1-2H3. The van der Waals surface area contributed by atoms with E-state index in [1.54, 1.807) is 38.1 Å². The summed E-state index contributed by atoms with van der Waals surface area (Å²) in [4.78, 5) is 23.6. The molecule has 0 bridgehead atoms. The Morgan fingerprint density at radius 1 is 1.04 bits per heavy atom. The van der Waals surface area contributed by atoms with Gasteiger partial charge in [0.15, 0.2) is 5.78 Å². The van der Waals surface area contributed by atoms with Crippen LogP contribution in [0, 0.1) is 5.92 Å². The summed E-state index contributed by atoms with van der Waals surface area (Å²) in [6.07, 6.45) is 9.00. The average Bonchev–Trinajstić information content (AvgIpc) is 2.92. The van der Waals surface area contributed by atoms with Gasteiger partial charge in [-0.15, -0.1) is 0 Å². The molecule has 1 amide bonds. The van der Waals surface area contributed by atoms with Gasteiger partial charge >= 0.3 is 0 Å². The van der Waals surface area contributed by atoms with Gasteiger partial charge in [-0.1, -0.05) is 82.7 Å². The van der Waals surface area contributed by atoms with Gasteiger partial charge in [-0.25, -0.2) is 5.01 Å². The number of benzene rings is 1. The van der Waals surface area contributed by atoms with Crippen LogP contribution in [0.5, 0.6) is 0 Å². The normalized spacial score (nSPS) is 19.2. The first-order valence-electron chi connectivity index (χ1n) is 9.54. The fourth-order valence-corrected chi connectivity index (χ4v) is 2.75. The fourth-order valence-electron chi connectivity index (χ4n) is 2.75. The molecule has 0 aromatic heterocycles. The van der Waals surface area contributed by atoms with Crippen molar-refractivity contribution in [3.05, 3.63) is 35.9 Å². The lowest BCUT2D eigenvalue weighted by molar-refractivity contribution is -0.130. The largest absolute Gasteiger partial charge is 0.292 e. The summed E-state index contributed by atoms with van der Waals surface area (Å²) in [7, 11) is 0. The van der Waals surface area contributed by atoms with Gasteiger partial charge in [0.1, 0.15) is 6.54 Å². The lowest BCUT2D eigenvalue weighted by Gasteiger charge is -2.11. The summed E-state index contributed by atoms with van der Waals surface area (Å²) >= 11 is 0. The molecule has 1 aromatic carbocycles. The topological polar surface area (TPSA) is 49.7 Å². The number of ketones is 1. The van der Waals surface area contributed by atoms with Gasteiger partial charge < -0.3 is 0 Å². The molecule has 0 saturated heterocycles. The number of hydrogen-bond donors (Lipinski definition) is 0. The van der Waals surface area contributed by atoms with Crippen LogP contribution in [0.4, 0.5) is 0 Å². The van der Waals surface area contributed by atoms with Crippen LogP contribution >= 0.6 is 0 Å². The number of amides is 1. The van der Waals surface area contributed by atoms with E-state index in [1.807, 2.05) is 19.9 Å². The zero-order valence-electron chi connectivity index (χ0n) is 16.1. The van der Waals surface area contributed by atoms with E-state index >= 15 is 0 Å². The summed E-state index contributed by atoms with van der Waals surface area (Å²) in [5.41, 5.74) is 1.36. The van der Waals surface area contributed by atoms with E-state index in [9.17, 15) is 9.59 Å². The molecule has 0 N–H and O–H groups in total. The van der Waals surface area contributed by atoms with Crippen molar-refractivity contribution >= 4 is 17.4 Å². The maximum atomic E-state index is 11.9. The second-order valence-electron chi connectivity index (χ2n) is 6.27. The average molecular weight is 344 g/mol. The van der Waals surface area contributed by atoms with E-state index in [4.69, 9.17) is 0 Å². The van der Waals surface area contributed by atoms with Gasteiger partial charge in [0.25, 0.3) is 5.91 Å². The molecule has 4 nitrogen and oxygen atoms in total. The van der Waals surface area contributed by atoms with Crippen molar-refractivity contribution in [2.45, 2.75) is 66.2 Å². The Morgan fingerprint density at radius 3 is 1.92 bits per heavy atom. The van der Waals surface area contributed by atoms with Gasteiger partial charge in [-0.05, 0) is 13.8 Å². The van der Waals surface area contributed by atoms with Gasteiger partial charge in [0.2, 0.25) is 0 Å². The lowest BCUT2D eigenvalue weighted by Crippen LogP contribution is -2.30. The molecule has 1 aliphatic heterocycles. The molecule has 25 heavy (non-hydrogen) atoms. The number of nitrogens with zero attached hydrogens (tertiary/aromatic N) is 2. The van der Waals surface area contributed by atoms with Crippen molar-refractivity contribution in [2.24, 2.45) is 11.0 Å². The summed E-state index contributed by atoms with van der Waals surface area (Å²) < 4.78 is 0. The summed E-state index contributed by atoms with van der Waals surface area (Å²) in [5.74, 6) is -0.407. The van der Waals surface area contributed by atoms with E-state index < -0.39 is 0 Å². The molecule has 1 heterocycles. The third kappa shape index (κ3) is 6.81. The highest BCUT2D eigenvalue weighted by Gasteiger charge is 2.30. The first-order chi connectivity index (χ1) is 12.1. The Balaban J connectivity index is 0.000000326. The molecule has 4 heteroatoms. The second kappa shape index (κ2) is 11.6. The highest BCUT2D eigenvalue weighted by Crippen LogP contribution is 2.16. The molecule has 138 valence electrons. The Hall–Kier alpha value is -1.97. The minimum atomic E-state index is -0.210. The van der Waals surface area contributed by atoms with Gasteiger partial charge in [0, 0.05) is 11.3 Å². The van der Waals surface area contributed by atoms with Gasteiger partial charge in [-0.2, -0.15) is 5.10 Å². The number of hydrazone groups is 1. The van der Waals surface area contributed by atoms with Gasteiger partial charge in [0.05, 0.1) is 5.92 Å². The van der Waals surface area contributed by atoms with Crippen LogP contribution in [0.15, 0.2) is 35.4 Å². The molecule has 2 aliphatic rings. The predicted octanol–water partition coefficient (Wildman–Crippen LogP) is 5.09. The van der Waals surface area contributed by atoms with Crippen molar-refractivity contribution in [3.63, 3.8) is 0 Å². The van der Waals surface area contributed by atoms with Crippen molar-refractivity contribution in [1.82, 2.24) is 5.01 Å². The smallest absolute Gasteiger partial charge is 0.251 e. The molecule has 1 saturated carbocycles. The maximum Gasteiger partial charge on any atom is 0.251 e. The molecular formula is C21H32N2O2. The van der Waals surface area contributed by atoms with Crippen LogP contribution in [0.1, 0.15) is 76.6 Å². The number of hydrogen-bond acceptors (Lipinski definition) is 3. The quantitative estimate of drug-likeness (QED) is 0.717. The van der Waals surface area contributed by atoms with Gasteiger partial charge in [-0.3, -0.25) is 9.59 Å². The molecular weight excluding hydrogens is 312 g/mol. The third-order valence-electron chi connectivity index (χ3n) is 4.42. The Kier molecular flexibility index (Phi) is 9.75. The molecule has 1 atom stereocenters. The maximum absolute atomic E-state index is 11.9. The summed E-state index contributed by atoms with van der Waals surface area (Å²) in [5, 5.41) is 5.35. The zero-order chi connectivity index (χ0) is 18.7. The molecule has 3 rings (SSSR count). The van der Waals surface area contributed by atoms with E-state index in [0.717, 1.165) is 5.71 Å². The third-order valence-corrected chi connectivity index (χ3v) is 4.42. The van der Waals surface area contributed by atoms with Crippen LogP contribution in [0.3, 0.4) is 0 Å². The Bertz CT molecular complexity index is 551. The Morgan fingerprint density at radius 2 is 1.52 bits per heavy atom. The monoisotopic (exact) mass is 344 g/mol. The highest BCUT2D eigenvalue weighted by molar-refractivity contribution is 6.08. The number of carbonyl (C=O) groups is 2. The fraction of sp³-hybridized carbons (Fsp3) is 0.571. The lowest BCUT2D eigenvalue weighted by atomic mass is 10.0. The first-order valence-corrected chi connectivity index (χ1v) is 9.54. The highest BCUT2D eigenvalue weighted by atomic mass is 16.2. The zero-order valence-corrected chi connectivity index (χ0v) is 16.1. The molecule has 1 fully saturated rings. The van der Waals surface area contributed by atoms with Crippen molar-refractivity contribution < 1.29 is 9.59 Å². The van der Waals surface area contributed by atoms with Crippen LogP contribution in [-0.2, 0) is 4.79 Å². The van der Waals surface area contributed by atoms with E-state index in [2.05, 4.69) is 5.10 Å². The molecule has 1 aromatic rings. The SMILES string of the molecule is C1CCCCC1.CC.CC1=NN(CC(=O)c2ccccc2)C(=O)C1C. The van der Waals surface area contributed by atoms with Crippen LogP contribution in [-0.4, -0.2) is 29.0 Å². The predicted molar refractivity (Wildman–Crippen MR) is 104 cm³/mol. The van der Waals surface area contributed by atoms with E-state index in [-0.39, 0.29) is 24.2 Å². The van der Waals surface area contributed by atoms with Crippen molar-refractivity contribution in [3.8, 4) is 0 Å². The molecule has 1 unspecified atom stereocenters. The minimum absolute atomic E-state index is 0.0184. The molecule has 0 spiro atoms. The number of Topliss-reactive ketones (excluding diaryl/α,β-unsaturated/α-hetero) is 1. The van der Waals surface area contributed by atoms with E-state index in [0.29, 0.717) is 5.56 Å². The second-order valence-corrected chi connectivity index (χ2v) is 6.27. The minimum Gasteiger partial charge on any atom is -0.292 e. The van der Waals surface area contributed by atoms with Crippen molar-refractivity contribution in [1.29, 1.82) is 0 Å². The summed E-state index contributed by atoms with van der Waals surface area (Å²) in [6.45, 7) is 7.62. The van der Waals surface area contributed by atoms with Crippen LogP contribution in [0.25, 0.3) is 0 Å².